The molecular weight excluding hydrogens is 198 g/mol. The molecule has 2 nitrogen and oxygen atoms in total. The third kappa shape index (κ3) is 2.60. The minimum absolute atomic E-state index is 0.171. The number of benzene rings is 1. The van der Waals surface area contributed by atoms with Crippen LogP contribution >= 0.6 is 11.6 Å². The highest BCUT2D eigenvalue weighted by Gasteiger charge is 2.04. The van der Waals surface area contributed by atoms with Crippen LogP contribution in [-0.4, -0.2) is 5.91 Å². The maximum absolute atomic E-state index is 11.3. The van der Waals surface area contributed by atoms with Crippen molar-refractivity contribution in [2.24, 2.45) is 0 Å². The van der Waals surface area contributed by atoms with E-state index in [1.807, 2.05) is 6.92 Å². The Balaban J connectivity index is 2.87. The average molecular weight is 210 g/mol. The molecule has 14 heavy (non-hydrogen) atoms. The van der Waals surface area contributed by atoms with Crippen molar-refractivity contribution in [1.29, 1.82) is 0 Å². The van der Waals surface area contributed by atoms with Crippen LogP contribution in [0.25, 0.3) is 0 Å². The summed E-state index contributed by atoms with van der Waals surface area (Å²) in [4.78, 5) is 11.3. The molecule has 0 spiro atoms. The van der Waals surface area contributed by atoms with E-state index in [4.69, 9.17) is 11.6 Å². The number of anilines is 1. The molecular formula is C11H12ClNO. The van der Waals surface area contributed by atoms with Crippen molar-refractivity contribution >= 4 is 23.2 Å². The quantitative estimate of drug-likeness (QED) is 0.745. The normalized spacial score (nSPS) is 9.64. The zero-order chi connectivity index (χ0) is 10.7. The lowest BCUT2D eigenvalue weighted by atomic mass is 10.2. The van der Waals surface area contributed by atoms with Crippen molar-refractivity contribution in [2.45, 2.75) is 13.8 Å². The van der Waals surface area contributed by atoms with Gasteiger partial charge in [0, 0.05) is 16.3 Å². The molecule has 1 aromatic carbocycles. The number of rotatable bonds is 2. The summed E-state index contributed by atoms with van der Waals surface area (Å²) in [5, 5.41) is 3.40. The van der Waals surface area contributed by atoms with Crippen LogP contribution in [0.4, 0.5) is 5.69 Å². The van der Waals surface area contributed by atoms with Crippen LogP contribution in [0.3, 0.4) is 0 Å². The van der Waals surface area contributed by atoms with Crippen LogP contribution in [-0.2, 0) is 4.79 Å². The number of nitrogens with one attached hydrogen (secondary N) is 1. The van der Waals surface area contributed by atoms with E-state index in [0.29, 0.717) is 10.6 Å². The van der Waals surface area contributed by atoms with E-state index in [9.17, 15) is 4.79 Å². The lowest BCUT2D eigenvalue weighted by molar-refractivity contribution is -0.112. The minimum Gasteiger partial charge on any atom is -0.322 e. The summed E-state index contributed by atoms with van der Waals surface area (Å²) in [7, 11) is 0. The molecule has 0 heterocycles. The molecule has 0 saturated heterocycles. The van der Waals surface area contributed by atoms with Crippen molar-refractivity contribution in [3.05, 3.63) is 40.9 Å². The Labute approximate surface area is 88.6 Å². The Morgan fingerprint density at radius 1 is 1.50 bits per heavy atom. The van der Waals surface area contributed by atoms with Crippen LogP contribution < -0.4 is 5.32 Å². The Bertz CT molecular complexity index is 385. The van der Waals surface area contributed by atoms with Gasteiger partial charge in [-0.05, 0) is 37.6 Å². The van der Waals surface area contributed by atoms with Gasteiger partial charge in [-0.3, -0.25) is 4.79 Å². The summed E-state index contributed by atoms with van der Waals surface area (Å²) >= 11 is 5.79. The van der Waals surface area contributed by atoms with Gasteiger partial charge in [0.1, 0.15) is 0 Å². The SMILES string of the molecule is C=C(C)C(=O)Nc1ccc(Cl)cc1C. The molecule has 0 unspecified atom stereocenters. The van der Waals surface area contributed by atoms with Gasteiger partial charge in [-0.15, -0.1) is 0 Å². The molecule has 74 valence electrons. The second kappa shape index (κ2) is 4.29. The van der Waals surface area contributed by atoms with E-state index in [2.05, 4.69) is 11.9 Å². The zero-order valence-corrected chi connectivity index (χ0v) is 8.98. The summed E-state index contributed by atoms with van der Waals surface area (Å²) in [5.41, 5.74) is 2.19. The largest absolute Gasteiger partial charge is 0.322 e. The molecule has 0 atom stereocenters. The lowest BCUT2D eigenvalue weighted by Crippen LogP contribution is -2.12. The third-order valence-electron chi connectivity index (χ3n) is 1.82. The van der Waals surface area contributed by atoms with Gasteiger partial charge in [0.25, 0.3) is 5.91 Å². The van der Waals surface area contributed by atoms with Crippen LogP contribution in [0.2, 0.25) is 5.02 Å². The second-order valence-electron chi connectivity index (χ2n) is 3.19. The monoisotopic (exact) mass is 209 g/mol. The molecule has 0 aromatic heterocycles. The first-order chi connectivity index (χ1) is 6.50. The fourth-order valence-corrected chi connectivity index (χ4v) is 1.22. The summed E-state index contributed by atoms with van der Waals surface area (Å²) < 4.78 is 0. The maximum atomic E-state index is 11.3. The van der Waals surface area contributed by atoms with E-state index in [0.717, 1.165) is 11.3 Å². The fourth-order valence-electron chi connectivity index (χ4n) is 0.996. The van der Waals surface area contributed by atoms with Gasteiger partial charge in [-0.2, -0.15) is 0 Å². The number of amides is 1. The van der Waals surface area contributed by atoms with Gasteiger partial charge in [0.05, 0.1) is 0 Å². The van der Waals surface area contributed by atoms with Crippen LogP contribution in [0.15, 0.2) is 30.4 Å². The first-order valence-electron chi connectivity index (χ1n) is 4.23. The van der Waals surface area contributed by atoms with Gasteiger partial charge >= 0.3 is 0 Å². The standard InChI is InChI=1S/C11H12ClNO/c1-7(2)11(14)13-10-5-4-9(12)6-8(10)3/h4-6H,1H2,2-3H3,(H,13,14). The molecule has 1 amide bonds. The molecule has 1 rings (SSSR count). The smallest absolute Gasteiger partial charge is 0.250 e. The van der Waals surface area contributed by atoms with E-state index in [-0.39, 0.29) is 5.91 Å². The van der Waals surface area contributed by atoms with Gasteiger partial charge in [-0.25, -0.2) is 0 Å². The number of carbonyl (C=O) groups is 1. The van der Waals surface area contributed by atoms with E-state index in [1.54, 1.807) is 25.1 Å². The lowest BCUT2D eigenvalue weighted by Gasteiger charge is -2.07. The highest BCUT2D eigenvalue weighted by atomic mass is 35.5. The first-order valence-corrected chi connectivity index (χ1v) is 4.61. The molecule has 0 aliphatic heterocycles. The molecule has 0 aliphatic carbocycles. The molecule has 1 aromatic rings. The van der Waals surface area contributed by atoms with Gasteiger partial charge in [0.15, 0.2) is 0 Å². The number of aryl methyl sites for hydroxylation is 1. The van der Waals surface area contributed by atoms with Crippen molar-refractivity contribution in [2.75, 3.05) is 5.32 Å². The van der Waals surface area contributed by atoms with Crippen molar-refractivity contribution in [1.82, 2.24) is 0 Å². The molecule has 0 bridgehead atoms. The molecule has 3 heteroatoms. The van der Waals surface area contributed by atoms with Crippen LogP contribution in [0.5, 0.6) is 0 Å². The Morgan fingerprint density at radius 2 is 2.14 bits per heavy atom. The number of halogens is 1. The van der Waals surface area contributed by atoms with E-state index < -0.39 is 0 Å². The molecule has 0 saturated carbocycles. The van der Waals surface area contributed by atoms with E-state index >= 15 is 0 Å². The Hall–Kier alpha value is -1.28. The molecule has 0 aliphatic rings. The van der Waals surface area contributed by atoms with Gasteiger partial charge in [0.2, 0.25) is 0 Å². The topological polar surface area (TPSA) is 29.1 Å². The molecule has 1 N–H and O–H groups in total. The second-order valence-corrected chi connectivity index (χ2v) is 3.63. The van der Waals surface area contributed by atoms with Crippen molar-refractivity contribution in [3.8, 4) is 0 Å². The predicted octanol–water partition coefficient (Wildman–Crippen LogP) is 3.16. The Kier molecular flexibility index (Phi) is 3.31. The summed E-state index contributed by atoms with van der Waals surface area (Å²) in [6, 6.07) is 5.32. The summed E-state index contributed by atoms with van der Waals surface area (Å²) in [5.74, 6) is -0.171. The highest BCUT2D eigenvalue weighted by Crippen LogP contribution is 2.19. The number of hydrogen-bond acceptors (Lipinski definition) is 1. The van der Waals surface area contributed by atoms with Gasteiger partial charge < -0.3 is 5.32 Å². The summed E-state index contributed by atoms with van der Waals surface area (Å²) in [6.07, 6.45) is 0. The highest BCUT2D eigenvalue weighted by molar-refractivity contribution is 6.30. The summed E-state index contributed by atoms with van der Waals surface area (Å²) in [6.45, 7) is 7.12. The molecule has 0 fully saturated rings. The predicted molar refractivity (Wildman–Crippen MR) is 59.6 cm³/mol. The number of hydrogen-bond donors (Lipinski definition) is 1. The van der Waals surface area contributed by atoms with Crippen LogP contribution in [0.1, 0.15) is 12.5 Å². The minimum atomic E-state index is -0.171. The van der Waals surface area contributed by atoms with Crippen molar-refractivity contribution < 1.29 is 4.79 Å². The maximum Gasteiger partial charge on any atom is 0.250 e. The first kappa shape index (κ1) is 10.8. The third-order valence-corrected chi connectivity index (χ3v) is 2.06. The van der Waals surface area contributed by atoms with Crippen molar-refractivity contribution in [3.63, 3.8) is 0 Å². The van der Waals surface area contributed by atoms with Gasteiger partial charge in [-0.1, -0.05) is 18.2 Å². The molecule has 0 radical (unpaired) electrons. The zero-order valence-electron chi connectivity index (χ0n) is 8.23. The van der Waals surface area contributed by atoms with E-state index in [1.165, 1.54) is 0 Å². The number of carbonyl (C=O) groups excluding carboxylic acids is 1. The van der Waals surface area contributed by atoms with Crippen LogP contribution in [0, 0.1) is 6.92 Å². The Morgan fingerprint density at radius 3 is 2.64 bits per heavy atom. The fraction of sp³-hybridized carbons (Fsp3) is 0.182. The average Bonchev–Trinajstić information content (AvgIpc) is 2.09.